The largest absolute Gasteiger partial charge is 0.496 e. The van der Waals surface area contributed by atoms with E-state index < -0.39 is 23.1 Å². The van der Waals surface area contributed by atoms with Gasteiger partial charge in [-0.3, -0.25) is 14.4 Å². The van der Waals surface area contributed by atoms with E-state index in [1.54, 1.807) is 6.92 Å². The molecule has 1 saturated heterocycles. The molecule has 0 radical (unpaired) electrons. The Balaban J connectivity index is 1.35. The van der Waals surface area contributed by atoms with Crippen LogP contribution in [0.2, 0.25) is 5.02 Å². The van der Waals surface area contributed by atoms with Gasteiger partial charge in [-0.1, -0.05) is 23.7 Å². The first-order chi connectivity index (χ1) is 16.8. The maximum absolute atomic E-state index is 13.5. The number of carbonyl (C=O) groups excluding carboxylic acids is 3. The molecule has 3 atom stereocenters. The van der Waals surface area contributed by atoms with E-state index in [0.717, 1.165) is 0 Å². The number of nitrogens with one attached hydrogen (secondary N) is 2. The first-order valence-corrected chi connectivity index (χ1v) is 11.4. The van der Waals surface area contributed by atoms with Crippen LogP contribution in [0.4, 0.5) is 0 Å². The Morgan fingerprint density at radius 1 is 1.26 bits per heavy atom. The van der Waals surface area contributed by atoms with E-state index in [-0.39, 0.29) is 46.3 Å². The van der Waals surface area contributed by atoms with E-state index in [9.17, 15) is 14.4 Å². The molecule has 0 saturated carbocycles. The summed E-state index contributed by atoms with van der Waals surface area (Å²) >= 11 is 6.41. The van der Waals surface area contributed by atoms with Gasteiger partial charge < -0.3 is 29.4 Å². The average molecular weight is 503 g/mol. The van der Waals surface area contributed by atoms with Crippen LogP contribution in [0.1, 0.15) is 54.3 Å². The summed E-state index contributed by atoms with van der Waals surface area (Å²) in [6.07, 6.45) is 2.74. The van der Waals surface area contributed by atoms with Crippen molar-refractivity contribution in [2.24, 2.45) is 5.92 Å². The molecule has 1 aromatic carbocycles. The highest BCUT2D eigenvalue weighted by Crippen LogP contribution is 2.52. The lowest BCUT2D eigenvalue weighted by Gasteiger charge is -2.35. The minimum atomic E-state index is -1.74. The molecule has 2 aliphatic heterocycles. The van der Waals surface area contributed by atoms with Gasteiger partial charge in [-0.25, -0.2) is 0 Å². The van der Waals surface area contributed by atoms with Gasteiger partial charge in [-0.2, -0.15) is 4.98 Å². The first-order valence-electron chi connectivity index (χ1n) is 11.1. The van der Waals surface area contributed by atoms with Crippen molar-refractivity contribution in [1.82, 2.24) is 20.8 Å². The van der Waals surface area contributed by atoms with Crippen LogP contribution in [-0.4, -0.2) is 47.4 Å². The van der Waals surface area contributed by atoms with Gasteiger partial charge in [0, 0.05) is 30.2 Å². The summed E-state index contributed by atoms with van der Waals surface area (Å²) in [6.45, 7) is 1.97. The molecule has 2 aromatic rings. The van der Waals surface area contributed by atoms with Crippen molar-refractivity contribution in [3.8, 4) is 17.2 Å². The van der Waals surface area contributed by atoms with E-state index in [4.69, 9.17) is 30.3 Å². The fourth-order valence-electron chi connectivity index (χ4n) is 4.72. The summed E-state index contributed by atoms with van der Waals surface area (Å²) in [6, 6.07) is 1.21. The normalized spacial score (nSPS) is 25.3. The molecule has 184 valence electrons. The van der Waals surface area contributed by atoms with Crippen LogP contribution in [0.5, 0.6) is 17.2 Å². The SMILES string of the molecule is COc1cc(OC)c2c(c1Cl)OC1(C(=O)C=C(NCc3noc(C4CCC(=O)N4)n3)CC1C)C2=O. The van der Waals surface area contributed by atoms with Crippen LogP contribution in [-0.2, 0) is 16.1 Å². The van der Waals surface area contributed by atoms with Gasteiger partial charge in [0.2, 0.25) is 29.0 Å². The number of ether oxygens (including phenoxy) is 3. The summed E-state index contributed by atoms with van der Waals surface area (Å²) < 4.78 is 21.9. The van der Waals surface area contributed by atoms with Crippen molar-refractivity contribution in [3.63, 3.8) is 0 Å². The zero-order chi connectivity index (χ0) is 24.9. The molecule has 0 bridgehead atoms. The van der Waals surface area contributed by atoms with Crippen molar-refractivity contribution in [2.45, 2.75) is 44.4 Å². The van der Waals surface area contributed by atoms with E-state index in [2.05, 4.69) is 20.8 Å². The molecule has 3 heterocycles. The van der Waals surface area contributed by atoms with Gasteiger partial charge in [-0.15, -0.1) is 0 Å². The predicted molar refractivity (Wildman–Crippen MR) is 120 cm³/mol. The van der Waals surface area contributed by atoms with Crippen LogP contribution in [0.15, 0.2) is 22.4 Å². The smallest absolute Gasteiger partial charge is 0.249 e. The Morgan fingerprint density at radius 2 is 2.03 bits per heavy atom. The van der Waals surface area contributed by atoms with Gasteiger partial charge in [-0.05, 0) is 12.8 Å². The minimum Gasteiger partial charge on any atom is -0.496 e. The van der Waals surface area contributed by atoms with Crippen LogP contribution in [0.25, 0.3) is 0 Å². The fraction of sp³-hybridized carbons (Fsp3) is 0.435. The number of ketones is 2. The lowest BCUT2D eigenvalue weighted by Crippen LogP contribution is -2.55. The Kier molecular flexibility index (Phi) is 5.66. The number of amides is 1. The molecule has 1 aromatic heterocycles. The molecular formula is C23H23ClN4O7. The summed E-state index contributed by atoms with van der Waals surface area (Å²) in [5, 5.41) is 9.95. The predicted octanol–water partition coefficient (Wildman–Crippen LogP) is 2.29. The number of Topliss-reactive ketones (excluding diaryl/α,β-unsaturated/α-hetero) is 1. The second-order valence-corrected chi connectivity index (χ2v) is 9.04. The van der Waals surface area contributed by atoms with Gasteiger partial charge in [0.15, 0.2) is 11.6 Å². The topological polar surface area (TPSA) is 142 Å². The van der Waals surface area contributed by atoms with Crippen molar-refractivity contribution in [2.75, 3.05) is 14.2 Å². The van der Waals surface area contributed by atoms with Gasteiger partial charge in [0.1, 0.15) is 28.1 Å². The van der Waals surface area contributed by atoms with Crippen LogP contribution in [0, 0.1) is 5.92 Å². The lowest BCUT2D eigenvalue weighted by atomic mass is 9.74. The van der Waals surface area contributed by atoms with Gasteiger partial charge >= 0.3 is 0 Å². The third kappa shape index (κ3) is 3.61. The molecule has 5 rings (SSSR count). The quantitative estimate of drug-likeness (QED) is 0.565. The molecule has 1 aliphatic carbocycles. The second kappa shape index (κ2) is 8.56. The molecule has 1 amide bonds. The Labute approximate surface area is 205 Å². The summed E-state index contributed by atoms with van der Waals surface area (Å²) in [5.41, 5.74) is -1.00. The number of fused-ring (bicyclic) bond motifs is 1. The zero-order valence-electron chi connectivity index (χ0n) is 19.3. The Morgan fingerprint density at radius 3 is 2.69 bits per heavy atom. The third-order valence-electron chi connectivity index (χ3n) is 6.56. The highest BCUT2D eigenvalue weighted by molar-refractivity contribution is 6.36. The summed E-state index contributed by atoms with van der Waals surface area (Å²) in [7, 11) is 2.85. The highest BCUT2D eigenvalue weighted by Gasteiger charge is 2.60. The lowest BCUT2D eigenvalue weighted by molar-refractivity contribution is -0.129. The molecule has 1 spiro atoms. The van der Waals surface area contributed by atoms with Gasteiger partial charge in [0.25, 0.3) is 0 Å². The van der Waals surface area contributed by atoms with Gasteiger partial charge in [0.05, 0.1) is 20.8 Å². The van der Waals surface area contributed by atoms with E-state index in [0.29, 0.717) is 36.7 Å². The molecule has 3 aliphatic rings. The third-order valence-corrected chi connectivity index (χ3v) is 6.92. The Bertz CT molecular complexity index is 1270. The van der Waals surface area contributed by atoms with Crippen molar-refractivity contribution >= 4 is 29.1 Å². The maximum Gasteiger partial charge on any atom is 0.249 e. The number of allylic oxidation sites excluding steroid dienone is 1. The molecule has 35 heavy (non-hydrogen) atoms. The van der Waals surface area contributed by atoms with Crippen molar-refractivity contribution in [3.05, 3.63) is 40.1 Å². The number of rotatable bonds is 6. The van der Waals surface area contributed by atoms with Crippen LogP contribution >= 0.6 is 11.6 Å². The molecular weight excluding hydrogens is 480 g/mol. The number of hydrogen-bond acceptors (Lipinski definition) is 10. The van der Waals surface area contributed by atoms with E-state index in [1.165, 1.54) is 26.4 Å². The number of carbonyl (C=O) groups is 3. The fourth-order valence-corrected chi connectivity index (χ4v) is 4.99. The van der Waals surface area contributed by atoms with Crippen molar-refractivity contribution < 1.29 is 33.1 Å². The highest BCUT2D eigenvalue weighted by atomic mass is 35.5. The summed E-state index contributed by atoms with van der Waals surface area (Å²) in [4.78, 5) is 42.6. The van der Waals surface area contributed by atoms with Crippen molar-refractivity contribution in [1.29, 1.82) is 0 Å². The molecule has 2 N–H and O–H groups in total. The zero-order valence-corrected chi connectivity index (χ0v) is 20.0. The van der Waals surface area contributed by atoms with E-state index >= 15 is 0 Å². The second-order valence-electron chi connectivity index (χ2n) is 8.67. The number of benzene rings is 1. The number of hydrogen-bond donors (Lipinski definition) is 2. The molecule has 11 nitrogen and oxygen atoms in total. The summed E-state index contributed by atoms with van der Waals surface area (Å²) in [5.74, 6) is -0.253. The number of nitrogens with zero attached hydrogens (tertiary/aromatic N) is 2. The van der Waals surface area contributed by atoms with E-state index in [1.807, 2.05) is 0 Å². The first kappa shape index (κ1) is 23.2. The minimum absolute atomic E-state index is 0.0511. The monoisotopic (exact) mass is 502 g/mol. The maximum atomic E-state index is 13.5. The standard InChI is InChI=1S/C23H23ClN4O7/c1-10-6-11(25-9-16-27-22(35-28-16)12-4-5-17(30)26-12)7-15(29)23(10)21(31)18-13(32-2)8-14(33-3)19(24)20(18)34-23/h7-8,10,12,25H,4-6,9H2,1-3H3,(H,26,30). The van der Waals surface area contributed by atoms with Crippen LogP contribution < -0.4 is 24.8 Å². The average Bonchev–Trinajstić information content (AvgIpc) is 3.55. The van der Waals surface area contributed by atoms with Crippen LogP contribution in [0.3, 0.4) is 0 Å². The molecule has 3 unspecified atom stereocenters. The molecule has 12 heteroatoms. The number of aromatic nitrogens is 2. The number of halogens is 1. The number of methoxy groups -OCH3 is 2. The Hall–Kier alpha value is -3.60. The molecule has 1 fully saturated rings.